The minimum Gasteiger partial charge on any atom is -0.380 e. The number of rotatable bonds is 3. The molecule has 0 radical (unpaired) electrons. The van der Waals surface area contributed by atoms with Crippen LogP contribution in [0.25, 0.3) is 0 Å². The third kappa shape index (κ3) is 2.58. The van der Waals surface area contributed by atoms with Gasteiger partial charge in [0.15, 0.2) is 0 Å². The third-order valence-electron chi connectivity index (χ3n) is 4.52. The van der Waals surface area contributed by atoms with E-state index in [1.54, 1.807) is 0 Å². The van der Waals surface area contributed by atoms with Crippen LogP contribution in [0, 0.1) is 5.41 Å². The van der Waals surface area contributed by atoms with Crippen molar-refractivity contribution in [2.75, 3.05) is 19.8 Å². The highest BCUT2D eigenvalue weighted by Gasteiger charge is 2.38. The molecule has 2 fully saturated rings. The van der Waals surface area contributed by atoms with E-state index in [2.05, 4.69) is 19.2 Å². The Bertz CT molecular complexity index is 238. The quantitative estimate of drug-likeness (QED) is 0.769. The van der Waals surface area contributed by atoms with Gasteiger partial charge in [0.2, 0.25) is 0 Å². The number of nitrogens with two attached hydrogens (primary N) is 1. The molecule has 94 valence electrons. The standard InChI is InChI=1S/C13H26N2O/c1-12(6-3-5-11(12)14)9-15-13(2)7-4-8-16-10-13/h11,15H,3-10,14H2,1-2H3. The van der Waals surface area contributed by atoms with Crippen molar-refractivity contribution in [1.82, 2.24) is 5.32 Å². The van der Waals surface area contributed by atoms with Crippen molar-refractivity contribution >= 4 is 0 Å². The van der Waals surface area contributed by atoms with Gasteiger partial charge in [0, 0.05) is 24.7 Å². The first-order chi connectivity index (χ1) is 7.54. The lowest BCUT2D eigenvalue weighted by Crippen LogP contribution is -2.54. The summed E-state index contributed by atoms with van der Waals surface area (Å²) in [4.78, 5) is 0. The molecule has 2 aliphatic rings. The van der Waals surface area contributed by atoms with E-state index in [1.807, 2.05) is 0 Å². The third-order valence-corrected chi connectivity index (χ3v) is 4.52. The lowest BCUT2D eigenvalue weighted by atomic mass is 9.83. The first kappa shape index (κ1) is 12.3. The maximum Gasteiger partial charge on any atom is 0.0645 e. The number of hydrogen-bond donors (Lipinski definition) is 2. The van der Waals surface area contributed by atoms with E-state index in [0.29, 0.717) is 11.5 Å². The van der Waals surface area contributed by atoms with E-state index in [1.165, 1.54) is 32.1 Å². The fraction of sp³-hybridized carbons (Fsp3) is 1.00. The summed E-state index contributed by atoms with van der Waals surface area (Å²) in [5, 5.41) is 3.71. The molecular formula is C13H26N2O. The van der Waals surface area contributed by atoms with Crippen LogP contribution in [0.3, 0.4) is 0 Å². The minimum atomic E-state index is 0.170. The molecule has 1 saturated carbocycles. The molecule has 3 nitrogen and oxygen atoms in total. The summed E-state index contributed by atoms with van der Waals surface area (Å²) in [7, 11) is 0. The van der Waals surface area contributed by atoms with Crippen LogP contribution in [-0.4, -0.2) is 31.3 Å². The number of nitrogens with one attached hydrogen (secondary N) is 1. The van der Waals surface area contributed by atoms with Crippen LogP contribution in [0.1, 0.15) is 46.0 Å². The van der Waals surface area contributed by atoms with Gasteiger partial charge in [-0.2, -0.15) is 0 Å². The van der Waals surface area contributed by atoms with E-state index < -0.39 is 0 Å². The first-order valence-electron chi connectivity index (χ1n) is 6.63. The van der Waals surface area contributed by atoms with Gasteiger partial charge >= 0.3 is 0 Å². The Kier molecular flexibility index (Phi) is 3.57. The minimum absolute atomic E-state index is 0.170. The molecule has 0 bridgehead atoms. The van der Waals surface area contributed by atoms with E-state index in [4.69, 9.17) is 10.5 Å². The van der Waals surface area contributed by atoms with E-state index in [9.17, 15) is 0 Å². The van der Waals surface area contributed by atoms with Gasteiger partial charge in [0.05, 0.1) is 6.61 Å². The average molecular weight is 226 g/mol. The molecule has 1 heterocycles. The zero-order valence-corrected chi connectivity index (χ0v) is 10.7. The van der Waals surface area contributed by atoms with Crippen molar-refractivity contribution in [3.8, 4) is 0 Å². The summed E-state index contributed by atoms with van der Waals surface area (Å²) in [6.07, 6.45) is 6.13. The Morgan fingerprint density at radius 1 is 1.31 bits per heavy atom. The molecular weight excluding hydrogens is 200 g/mol. The number of ether oxygens (including phenoxy) is 1. The molecule has 0 aromatic carbocycles. The SMILES string of the molecule is CC1(NCC2(C)CCCC2N)CCCOC1. The molecule has 3 unspecified atom stereocenters. The lowest BCUT2D eigenvalue weighted by Gasteiger charge is -2.39. The fourth-order valence-electron chi connectivity index (χ4n) is 2.97. The van der Waals surface area contributed by atoms with Gasteiger partial charge in [-0.15, -0.1) is 0 Å². The Labute approximate surface area is 99.1 Å². The molecule has 3 N–H and O–H groups in total. The molecule has 1 saturated heterocycles. The predicted octanol–water partition coefficient (Wildman–Crippen LogP) is 1.66. The lowest BCUT2D eigenvalue weighted by molar-refractivity contribution is 0.0231. The molecule has 1 aliphatic heterocycles. The summed E-state index contributed by atoms with van der Waals surface area (Å²) in [5.41, 5.74) is 6.66. The smallest absolute Gasteiger partial charge is 0.0645 e. The molecule has 3 atom stereocenters. The van der Waals surface area contributed by atoms with Gasteiger partial charge in [-0.1, -0.05) is 13.3 Å². The molecule has 0 amide bonds. The molecule has 1 aliphatic carbocycles. The second-order valence-corrected chi connectivity index (χ2v) is 6.22. The van der Waals surface area contributed by atoms with Crippen molar-refractivity contribution in [2.45, 2.75) is 57.5 Å². The van der Waals surface area contributed by atoms with Crippen LogP contribution >= 0.6 is 0 Å². The second-order valence-electron chi connectivity index (χ2n) is 6.22. The molecule has 0 aromatic heterocycles. The highest BCUT2D eigenvalue weighted by atomic mass is 16.5. The van der Waals surface area contributed by atoms with Crippen LogP contribution < -0.4 is 11.1 Å². The van der Waals surface area contributed by atoms with Gasteiger partial charge < -0.3 is 15.8 Å². The summed E-state index contributed by atoms with van der Waals surface area (Å²) in [5.74, 6) is 0. The fourth-order valence-corrected chi connectivity index (χ4v) is 2.97. The summed E-state index contributed by atoms with van der Waals surface area (Å²) in [6.45, 7) is 7.40. The van der Waals surface area contributed by atoms with Crippen LogP contribution in [0.2, 0.25) is 0 Å². The van der Waals surface area contributed by atoms with Crippen LogP contribution in [0.4, 0.5) is 0 Å². The predicted molar refractivity (Wildman–Crippen MR) is 66.4 cm³/mol. The zero-order valence-electron chi connectivity index (χ0n) is 10.7. The monoisotopic (exact) mass is 226 g/mol. The van der Waals surface area contributed by atoms with Crippen LogP contribution in [-0.2, 0) is 4.74 Å². The highest BCUT2D eigenvalue weighted by Crippen LogP contribution is 2.36. The maximum absolute atomic E-state index is 6.20. The highest BCUT2D eigenvalue weighted by molar-refractivity contribution is 4.96. The first-order valence-corrected chi connectivity index (χ1v) is 6.63. The Morgan fingerprint density at radius 3 is 2.69 bits per heavy atom. The molecule has 3 heteroatoms. The normalized spacial score (nSPS) is 44.8. The van der Waals surface area contributed by atoms with Crippen LogP contribution in [0.5, 0.6) is 0 Å². The van der Waals surface area contributed by atoms with Crippen LogP contribution in [0.15, 0.2) is 0 Å². The van der Waals surface area contributed by atoms with Gasteiger partial charge in [-0.25, -0.2) is 0 Å². The molecule has 0 aromatic rings. The topological polar surface area (TPSA) is 47.3 Å². The van der Waals surface area contributed by atoms with Crippen molar-refractivity contribution in [3.63, 3.8) is 0 Å². The number of hydrogen-bond acceptors (Lipinski definition) is 3. The van der Waals surface area contributed by atoms with E-state index in [-0.39, 0.29) is 5.54 Å². The summed E-state index contributed by atoms with van der Waals surface area (Å²) >= 11 is 0. The zero-order chi connectivity index (χ0) is 11.6. The van der Waals surface area contributed by atoms with Crippen molar-refractivity contribution < 1.29 is 4.74 Å². The van der Waals surface area contributed by atoms with E-state index >= 15 is 0 Å². The Balaban J connectivity index is 1.86. The summed E-state index contributed by atoms with van der Waals surface area (Å²) < 4.78 is 5.57. The van der Waals surface area contributed by atoms with Gasteiger partial charge in [0.25, 0.3) is 0 Å². The van der Waals surface area contributed by atoms with Gasteiger partial charge in [-0.05, 0) is 38.0 Å². The Hall–Kier alpha value is -0.120. The second kappa shape index (κ2) is 4.63. The molecule has 2 rings (SSSR count). The Morgan fingerprint density at radius 2 is 2.12 bits per heavy atom. The van der Waals surface area contributed by atoms with E-state index in [0.717, 1.165) is 19.8 Å². The largest absolute Gasteiger partial charge is 0.380 e. The van der Waals surface area contributed by atoms with Gasteiger partial charge in [-0.3, -0.25) is 0 Å². The molecule has 16 heavy (non-hydrogen) atoms. The van der Waals surface area contributed by atoms with Crippen molar-refractivity contribution in [2.24, 2.45) is 11.1 Å². The molecule has 0 spiro atoms. The summed E-state index contributed by atoms with van der Waals surface area (Å²) in [6, 6.07) is 0.369. The average Bonchev–Trinajstić information content (AvgIpc) is 2.59. The van der Waals surface area contributed by atoms with Gasteiger partial charge in [0.1, 0.15) is 0 Å². The maximum atomic E-state index is 6.20. The van der Waals surface area contributed by atoms with Crippen molar-refractivity contribution in [1.29, 1.82) is 0 Å². The van der Waals surface area contributed by atoms with Crippen molar-refractivity contribution in [3.05, 3.63) is 0 Å².